The molecule has 2 aliphatic rings. The maximum Gasteiger partial charge on any atom is 0.161 e. The smallest absolute Gasteiger partial charge is 0.161 e. The van der Waals surface area contributed by atoms with Crippen molar-refractivity contribution in [3.8, 4) is 11.5 Å². The van der Waals surface area contributed by atoms with Crippen molar-refractivity contribution in [1.82, 2.24) is 5.32 Å². The van der Waals surface area contributed by atoms with Gasteiger partial charge in [-0.25, -0.2) is 0 Å². The molecule has 0 atom stereocenters. The fraction of sp³-hybridized carbons (Fsp3) is 0.368. The van der Waals surface area contributed by atoms with Crippen LogP contribution in [0.2, 0.25) is 0 Å². The van der Waals surface area contributed by atoms with Crippen LogP contribution in [0, 0.1) is 0 Å². The maximum absolute atomic E-state index is 5.64. The Labute approximate surface area is 136 Å². The summed E-state index contributed by atoms with van der Waals surface area (Å²) in [6.07, 6.45) is 2.12. The monoisotopic (exact) mass is 310 g/mol. The molecule has 0 bridgehead atoms. The number of hydrogen-bond acceptors (Lipinski definition) is 4. The highest BCUT2D eigenvalue weighted by molar-refractivity contribution is 5.61. The summed E-state index contributed by atoms with van der Waals surface area (Å²) in [6, 6.07) is 12.8. The zero-order chi connectivity index (χ0) is 15.5. The summed E-state index contributed by atoms with van der Waals surface area (Å²) >= 11 is 0. The van der Waals surface area contributed by atoms with Gasteiger partial charge in [0, 0.05) is 18.8 Å². The van der Waals surface area contributed by atoms with Crippen molar-refractivity contribution in [3.05, 3.63) is 53.1 Å². The van der Waals surface area contributed by atoms with Crippen molar-refractivity contribution in [2.45, 2.75) is 19.4 Å². The van der Waals surface area contributed by atoms with Crippen LogP contribution < -0.4 is 20.1 Å². The lowest BCUT2D eigenvalue weighted by molar-refractivity contribution is 0.171. The molecule has 0 amide bonds. The maximum atomic E-state index is 5.64. The molecule has 4 nitrogen and oxygen atoms in total. The predicted molar refractivity (Wildman–Crippen MR) is 91.5 cm³/mol. The minimum Gasteiger partial charge on any atom is -0.486 e. The van der Waals surface area contributed by atoms with Crippen molar-refractivity contribution < 1.29 is 9.47 Å². The Morgan fingerprint density at radius 2 is 1.96 bits per heavy atom. The van der Waals surface area contributed by atoms with Gasteiger partial charge in [0.1, 0.15) is 13.2 Å². The minimum atomic E-state index is 0.640. The zero-order valence-corrected chi connectivity index (χ0v) is 13.2. The lowest BCUT2D eigenvalue weighted by atomic mass is 10.1. The van der Waals surface area contributed by atoms with Crippen LogP contribution in [-0.4, -0.2) is 26.3 Å². The third kappa shape index (κ3) is 3.13. The van der Waals surface area contributed by atoms with E-state index in [9.17, 15) is 0 Å². The summed E-state index contributed by atoms with van der Waals surface area (Å²) in [7, 11) is 0. The van der Waals surface area contributed by atoms with Gasteiger partial charge in [-0.15, -0.1) is 0 Å². The Kier molecular flexibility index (Phi) is 4.07. The van der Waals surface area contributed by atoms with Crippen molar-refractivity contribution in [2.75, 3.05) is 31.6 Å². The standard InChI is InChI=1S/C19H22N2O2/c1-2-15-7-9-21-19(15)16(3-1)13-20-8-6-14-4-5-17-18(12-14)23-11-10-22-17/h1-5,12,20-21H,6-11,13H2. The molecule has 2 aliphatic heterocycles. The molecule has 2 N–H and O–H groups in total. The van der Waals surface area contributed by atoms with Crippen LogP contribution >= 0.6 is 0 Å². The number of para-hydroxylation sites is 1. The van der Waals surface area contributed by atoms with Crippen molar-refractivity contribution in [1.29, 1.82) is 0 Å². The number of anilines is 1. The Hall–Kier alpha value is -2.20. The Bertz CT molecular complexity index is 700. The Morgan fingerprint density at radius 3 is 2.91 bits per heavy atom. The molecule has 4 heteroatoms. The average molecular weight is 310 g/mol. The van der Waals surface area contributed by atoms with E-state index in [0.717, 1.165) is 44.0 Å². The minimum absolute atomic E-state index is 0.640. The number of ether oxygens (including phenoxy) is 2. The van der Waals surface area contributed by atoms with Gasteiger partial charge in [0.25, 0.3) is 0 Å². The van der Waals surface area contributed by atoms with Crippen LogP contribution in [0.1, 0.15) is 16.7 Å². The molecule has 0 unspecified atom stereocenters. The fourth-order valence-corrected chi connectivity index (χ4v) is 3.26. The van der Waals surface area contributed by atoms with Crippen molar-refractivity contribution >= 4 is 5.69 Å². The van der Waals surface area contributed by atoms with E-state index >= 15 is 0 Å². The molecule has 23 heavy (non-hydrogen) atoms. The molecule has 0 aromatic heterocycles. The number of rotatable bonds is 5. The number of fused-ring (bicyclic) bond motifs is 2. The van der Waals surface area contributed by atoms with Crippen molar-refractivity contribution in [3.63, 3.8) is 0 Å². The molecule has 120 valence electrons. The Morgan fingerprint density at radius 1 is 1.04 bits per heavy atom. The first-order chi connectivity index (χ1) is 11.4. The largest absolute Gasteiger partial charge is 0.486 e. The predicted octanol–water partition coefficient (Wildman–Crippen LogP) is 2.76. The van der Waals surface area contributed by atoms with Crippen LogP contribution in [0.3, 0.4) is 0 Å². The molecule has 2 aromatic rings. The summed E-state index contributed by atoms with van der Waals surface area (Å²) in [5.41, 5.74) is 5.41. The molecule has 0 saturated heterocycles. The summed E-state index contributed by atoms with van der Waals surface area (Å²) in [5, 5.41) is 7.04. The van der Waals surface area contributed by atoms with Gasteiger partial charge in [-0.2, -0.15) is 0 Å². The number of hydrogen-bond donors (Lipinski definition) is 2. The van der Waals surface area contributed by atoms with Crippen molar-refractivity contribution in [2.24, 2.45) is 0 Å². The summed E-state index contributed by atoms with van der Waals surface area (Å²) in [6.45, 7) is 4.19. The summed E-state index contributed by atoms with van der Waals surface area (Å²) in [5.74, 6) is 1.73. The van der Waals surface area contributed by atoms with E-state index in [2.05, 4.69) is 41.0 Å². The number of nitrogens with one attached hydrogen (secondary N) is 2. The third-order valence-electron chi connectivity index (χ3n) is 4.45. The van der Waals surface area contributed by atoms with Gasteiger partial charge in [-0.05, 0) is 48.2 Å². The number of benzene rings is 2. The van der Waals surface area contributed by atoms with Gasteiger partial charge >= 0.3 is 0 Å². The molecule has 0 radical (unpaired) electrons. The molecular formula is C19H22N2O2. The van der Waals surface area contributed by atoms with Crippen LogP contribution in [0.5, 0.6) is 11.5 Å². The van der Waals surface area contributed by atoms with Crippen LogP contribution in [-0.2, 0) is 19.4 Å². The van der Waals surface area contributed by atoms with E-state index in [4.69, 9.17) is 9.47 Å². The zero-order valence-electron chi connectivity index (χ0n) is 13.2. The topological polar surface area (TPSA) is 42.5 Å². The highest BCUT2D eigenvalue weighted by Crippen LogP contribution is 2.31. The summed E-state index contributed by atoms with van der Waals surface area (Å²) < 4.78 is 11.2. The van der Waals surface area contributed by atoms with E-state index in [1.165, 1.54) is 22.4 Å². The summed E-state index contributed by atoms with van der Waals surface area (Å²) in [4.78, 5) is 0. The van der Waals surface area contributed by atoms with E-state index < -0.39 is 0 Å². The molecule has 0 aliphatic carbocycles. The second kappa shape index (κ2) is 6.50. The first kappa shape index (κ1) is 14.4. The Balaban J connectivity index is 1.32. The first-order valence-electron chi connectivity index (χ1n) is 8.34. The molecule has 4 rings (SSSR count). The van der Waals surface area contributed by atoms with Crippen LogP contribution in [0.25, 0.3) is 0 Å². The van der Waals surface area contributed by atoms with E-state index in [-0.39, 0.29) is 0 Å². The lowest BCUT2D eigenvalue weighted by Crippen LogP contribution is -2.18. The fourth-order valence-electron chi connectivity index (χ4n) is 3.26. The SMILES string of the molecule is c1cc2c(c(CNCCc3ccc4c(c3)OCCO4)c1)NCC2. The molecule has 2 aromatic carbocycles. The molecule has 0 spiro atoms. The van der Waals surface area contributed by atoms with E-state index in [0.29, 0.717) is 13.2 Å². The quantitative estimate of drug-likeness (QED) is 0.834. The van der Waals surface area contributed by atoms with Gasteiger partial charge < -0.3 is 20.1 Å². The normalized spacial score (nSPS) is 15.1. The highest BCUT2D eigenvalue weighted by Gasteiger charge is 2.13. The molecule has 0 fully saturated rings. The first-order valence-corrected chi connectivity index (χ1v) is 8.34. The molecule has 0 saturated carbocycles. The highest BCUT2D eigenvalue weighted by atomic mass is 16.6. The average Bonchev–Trinajstić information content (AvgIpc) is 3.08. The lowest BCUT2D eigenvalue weighted by Gasteiger charge is -2.19. The molecule has 2 heterocycles. The van der Waals surface area contributed by atoms with Gasteiger partial charge in [0.2, 0.25) is 0 Å². The van der Waals surface area contributed by atoms with Gasteiger partial charge in [-0.1, -0.05) is 24.3 Å². The van der Waals surface area contributed by atoms with Gasteiger partial charge in [-0.3, -0.25) is 0 Å². The van der Waals surface area contributed by atoms with Crippen LogP contribution in [0.4, 0.5) is 5.69 Å². The van der Waals surface area contributed by atoms with E-state index in [1.54, 1.807) is 0 Å². The second-order valence-corrected chi connectivity index (χ2v) is 6.03. The third-order valence-corrected chi connectivity index (χ3v) is 4.45. The van der Waals surface area contributed by atoms with Gasteiger partial charge in [0.15, 0.2) is 11.5 Å². The molecular weight excluding hydrogens is 288 g/mol. The van der Waals surface area contributed by atoms with Crippen LogP contribution in [0.15, 0.2) is 36.4 Å². The van der Waals surface area contributed by atoms with E-state index in [1.807, 2.05) is 6.07 Å². The second-order valence-electron chi connectivity index (χ2n) is 6.03. The van der Waals surface area contributed by atoms with Gasteiger partial charge in [0.05, 0.1) is 0 Å².